The average molecular weight is 329 g/mol. The third-order valence-corrected chi connectivity index (χ3v) is 5.56. The molecule has 1 unspecified atom stereocenters. The van der Waals surface area contributed by atoms with Crippen molar-refractivity contribution in [1.82, 2.24) is 10.2 Å². The molecule has 1 aliphatic heterocycles. The number of nitrogens with one attached hydrogen (secondary N) is 2. The molecule has 0 radical (unpaired) electrons. The minimum Gasteiger partial charge on any atom is -0.339 e. The molecule has 130 valence electrons. The highest BCUT2D eigenvalue weighted by molar-refractivity contribution is 5.97. The quantitative estimate of drug-likeness (QED) is 0.872. The molecule has 1 saturated carbocycles. The molecule has 2 aliphatic rings. The van der Waals surface area contributed by atoms with E-state index < -0.39 is 0 Å². The van der Waals surface area contributed by atoms with Crippen LogP contribution in [0.25, 0.3) is 0 Å². The highest BCUT2D eigenvalue weighted by Gasteiger charge is 2.57. The zero-order valence-electron chi connectivity index (χ0n) is 14.6. The summed E-state index contributed by atoms with van der Waals surface area (Å²) in [6.45, 7) is 7.39. The lowest BCUT2D eigenvalue weighted by atomic mass is 9.92. The number of anilines is 1. The van der Waals surface area contributed by atoms with Crippen molar-refractivity contribution in [2.24, 2.45) is 11.3 Å². The van der Waals surface area contributed by atoms with Crippen LogP contribution in [0, 0.1) is 11.3 Å². The van der Waals surface area contributed by atoms with E-state index >= 15 is 0 Å². The Morgan fingerprint density at radius 3 is 2.38 bits per heavy atom. The summed E-state index contributed by atoms with van der Waals surface area (Å²) in [6.07, 6.45) is 3.21. The van der Waals surface area contributed by atoms with Gasteiger partial charge in [-0.2, -0.15) is 0 Å². The van der Waals surface area contributed by atoms with Crippen LogP contribution in [-0.2, 0) is 4.79 Å². The van der Waals surface area contributed by atoms with E-state index in [2.05, 4.69) is 10.6 Å². The molecule has 2 fully saturated rings. The summed E-state index contributed by atoms with van der Waals surface area (Å²) < 4.78 is 0. The summed E-state index contributed by atoms with van der Waals surface area (Å²) in [5, 5.41) is 6.37. The summed E-state index contributed by atoms with van der Waals surface area (Å²) in [5.41, 5.74) is 1.68. The Labute approximate surface area is 143 Å². The maximum Gasteiger partial charge on any atom is 0.253 e. The Balaban J connectivity index is 1.58. The van der Waals surface area contributed by atoms with Crippen LogP contribution in [0.4, 0.5) is 5.69 Å². The normalized spacial score (nSPS) is 21.3. The predicted octanol–water partition coefficient (Wildman–Crippen LogP) is 2.50. The fourth-order valence-electron chi connectivity index (χ4n) is 3.81. The van der Waals surface area contributed by atoms with Crippen molar-refractivity contribution in [2.45, 2.75) is 33.1 Å². The Morgan fingerprint density at radius 1 is 1.17 bits per heavy atom. The van der Waals surface area contributed by atoms with Gasteiger partial charge in [0.2, 0.25) is 5.91 Å². The Kier molecular flexibility index (Phi) is 4.90. The van der Waals surface area contributed by atoms with E-state index in [0.29, 0.717) is 18.7 Å². The van der Waals surface area contributed by atoms with Gasteiger partial charge in [0.05, 0.1) is 0 Å². The first kappa shape index (κ1) is 17.0. The topological polar surface area (TPSA) is 61.4 Å². The Hall–Kier alpha value is -1.88. The fourth-order valence-corrected chi connectivity index (χ4v) is 3.81. The van der Waals surface area contributed by atoms with Crippen molar-refractivity contribution in [3.8, 4) is 0 Å². The average Bonchev–Trinajstić information content (AvgIpc) is 3.30. The molecule has 1 heterocycles. The van der Waals surface area contributed by atoms with Crippen LogP contribution in [0.3, 0.4) is 0 Å². The smallest absolute Gasteiger partial charge is 0.253 e. The van der Waals surface area contributed by atoms with Gasteiger partial charge in [-0.15, -0.1) is 0 Å². The SMILES string of the molecule is CCN(CC)C(=O)c1ccc(NC(=O)C2CC23CCNCC3)cc1. The molecule has 1 atom stereocenters. The summed E-state index contributed by atoms with van der Waals surface area (Å²) in [7, 11) is 0. The molecule has 1 aromatic rings. The lowest BCUT2D eigenvalue weighted by Crippen LogP contribution is -2.31. The summed E-state index contributed by atoms with van der Waals surface area (Å²) in [4.78, 5) is 26.5. The predicted molar refractivity (Wildman–Crippen MR) is 95.0 cm³/mol. The van der Waals surface area contributed by atoms with Crippen molar-refractivity contribution in [3.63, 3.8) is 0 Å². The van der Waals surface area contributed by atoms with Crippen LogP contribution >= 0.6 is 0 Å². The van der Waals surface area contributed by atoms with Crippen LogP contribution in [-0.4, -0.2) is 42.9 Å². The molecule has 24 heavy (non-hydrogen) atoms. The van der Waals surface area contributed by atoms with E-state index in [9.17, 15) is 9.59 Å². The lowest BCUT2D eigenvalue weighted by Gasteiger charge is -2.23. The van der Waals surface area contributed by atoms with Crippen LogP contribution in [0.2, 0.25) is 0 Å². The Bertz CT molecular complexity index is 602. The zero-order valence-corrected chi connectivity index (χ0v) is 14.6. The number of benzene rings is 1. The van der Waals surface area contributed by atoms with Crippen LogP contribution in [0.15, 0.2) is 24.3 Å². The summed E-state index contributed by atoms with van der Waals surface area (Å²) in [6, 6.07) is 7.24. The van der Waals surface area contributed by atoms with Crippen molar-refractivity contribution in [3.05, 3.63) is 29.8 Å². The second-order valence-electron chi connectivity index (χ2n) is 6.91. The zero-order chi connectivity index (χ0) is 17.2. The van der Waals surface area contributed by atoms with E-state index in [1.165, 1.54) is 0 Å². The number of nitrogens with zero attached hydrogens (tertiary/aromatic N) is 1. The molecule has 1 saturated heterocycles. The third kappa shape index (κ3) is 3.31. The van der Waals surface area contributed by atoms with Crippen LogP contribution in [0.1, 0.15) is 43.5 Å². The maximum absolute atomic E-state index is 12.5. The summed E-state index contributed by atoms with van der Waals surface area (Å²) >= 11 is 0. The van der Waals surface area contributed by atoms with E-state index in [-0.39, 0.29) is 23.1 Å². The minimum atomic E-state index is 0.0359. The van der Waals surface area contributed by atoms with Crippen LogP contribution in [0.5, 0.6) is 0 Å². The molecular weight excluding hydrogens is 302 g/mol. The monoisotopic (exact) mass is 329 g/mol. The van der Waals surface area contributed by atoms with Gasteiger partial charge in [0.25, 0.3) is 5.91 Å². The largest absolute Gasteiger partial charge is 0.339 e. The molecule has 0 aromatic heterocycles. The number of rotatable bonds is 5. The highest BCUT2D eigenvalue weighted by Crippen LogP contribution is 2.58. The van der Waals surface area contributed by atoms with Gasteiger partial charge in [-0.25, -0.2) is 0 Å². The number of hydrogen-bond acceptors (Lipinski definition) is 3. The minimum absolute atomic E-state index is 0.0359. The van der Waals surface area contributed by atoms with Crippen molar-refractivity contribution < 1.29 is 9.59 Å². The standard InChI is InChI=1S/C19H27N3O2/c1-3-22(4-2)18(24)14-5-7-15(8-6-14)21-17(23)16-13-19(16)9-11-20-12-10-19/h5-8,16,20H,3-4,9-13H2,1-2H3,(H,21,23). The first-order valence-electron chi connectivity index (χ1n) is 9.00. The number of piperidine rings is 1. The van der Waals surface area contributed by atoms with Gasteiger partial charge in [-0.1, -0.05) is 0 Å². The molecule has 1 aliphatic carbocycles. The number of carbonyl (C=O) groups excluding carboxylic acids is 2. The van der Waals surface area contributed by atoms with E-state index in [4.69, 9.17) is 0 Å². The van der Waals surface area contributed by atoms with Crippen molar-refractivity contribution in [1.29, 1.82) is 0 Å². The number of hydrogen-bond donors (Lipinski definition) is 2. The second-order valence-corrected chi connectivity index (χ2v) is 6.91. The Morgan fingerprint density at radius 2 is 1.79 bits per heavy atom. The van der Waals surface area contributed by atoms with E-state index in [0.717, 1.165) is 38.0 Å². The van der Waals surface area contributed by atoms with Gasteiger partial charge >= 0.3 is 0 Å². The maximum atomic E-state index is 12.5. The fraction of sp³-hybridized carbons (Fsp3) is 0.579. The molecule has 5 nitrogen and oxygen atoms in total. The first-order chi connectivity index (χ1) is 11.6. The number of carbonyl (C=O) groups is 2. The van der Waals surface area contributed by atoms with Gasteiger partial charge < -0.3 is 15.5 Å². The first-order valence-corrected chi connectivity index (χ1v) is 9.00. The second kappa shape index (κ2) is 6.93. The van der Waals surface area contributed by atoms with Gasteiger partial charge in [0.1, 0.15) is 0 Å². The molecule has 0 bridgehead atoms. The van der Waals surface area contributed by atoms with Crippen molar-refractivity contribution >= 4 is 17.5 Å². The van der Waals surface area contributed by atoms with Crippen molar-refractivity contribution in [2.75, 3.05) is 31.5 Å². The van der Waals surface area contributed by atoms with Crippen LogP contribution < -0.4 is 10.6 Å². The molecular formula is C19H27N3O2. The molecule has 1 spiro atoms. The third-order valence-electron chi connectivity index (χ3n) is 5.56. The highest BCUT2D eigenvalue weighted by atomic mass is 16.2. The van der Waals surface area contributed by atoms with E-state index in [1.54, 1.807) is 17.0 Å². The molecule has 1 aromatic carbocycles. The van der Waals surface area contributed by atoms with Gasteiger partial charge in [0, 0.05) is 30.3 Å². The molecule has 5 heteroatoms. The summed E-state index contributed by atoms with van der Waals surface area (Å²) in [5.74, 6) is 0.310. The van der Waals surface area contributed by atoms with Gasteiger partial charge in [-0.3, -0.25) is 9.59 Å². The van der Waals surface area contributed by atoms with Gasteiger partial charge in [0.15, 0.2) is 0 Å². The molecule has 3 rings (SSSR count). The molecule has 2 N–H and O–H groups in total. The molecule has 2 amide bonds. The van der Waals surface area contributed by atoms with E-state index in [1.807, 2.05) is 26.0 Å². The lowest BCUT2D eigenvalue weighted by molar-refractivity contribution is -0.118. The number of amides is 2. The van der Waals surface area contributed by atoms with Gasteiger partial charge in [-0.05, 0) is 75.9 Å².